The van der Waals surface area contributed by atoms with Gasteiger partial charge in [-0.1, -0.05) is 48.5 Å². The number of nitrogen functional groups attached to an aromatic ring is 1. The van der Waals surface area contributed by atoms with Crippen LogP contribution < -0.4 is 10.5 Å². The Morgan fingerprint density at radius 2 is 1.70 bits per heavy atom. The molecule has 0 radical (unpaired) electrons. The topological polar surface area (TPSA) is 71.9 Å². The molecule has 2 N–H and O–H groups in total. The van der Waals surface area contributed by atoms with Crippen molar-refractivity contribution >= 4 is 5.82 Å². The van der Waals surface area contributed by atoms with Crippen molar-refractivity contribution in [1.82, 2.24) is 4.98 Å². The van der Waals surface area contributed by atoms with Crippen LogP contribution in [0.2, 0.25) is 0 Å². The molecule has 0 unspecified atom stereocenters. The minimum absolute atomic E-state index is 0.217. The zero-order valence-corrected chi connectivity index (χ0v) is 12.7. The number of methoxy groups -OCH3 is 1. The Morgan fingerprint density at radius 1 is 1.00 bits per heavy atom. The first-order valence-corrected chi connectivity index (χ1v) is 7.14. The number of ether oxygens (including phenoxy) is 1. The maximum absolute atomic E-state index is 9.47. The van der Waals surface area contributed by atoms with Gasteiger partial charge in [-0.25, -0.2) is 4.98 Å². The van der Waals surface area contributed by atoms with E-state index < -0.39 is 0 Å². The molecule has 0 aliphatic carbocycles. The van der Waals surface area contributed by atoms with Crippen molar-refractivity contribution in [2.24, 2.45) is 0 Å². The SMILES string of the molecule is COc1ccccc1-c1cc(-c2ccccc2)nc(N)c1C#N. The molecule has 0 fully saturated rings. The number of benzene rings is 2. The third-order valence-electron chi connectivity index (χ3n) is 3.63. The van der Waals surface area contributed by atoms with Crippen molar-refractivity contribution in [3.63, 3.8) is 0 Å². The van der Waals surface area contributed by atoms with Crippen LogP contribution in [0, 0.1) is 11.3 Å². The standard InChI is InChI=1S/C19H15N3O/c1-23-18-10-6-5-9-14(18)15-11-17(13-7-3-2-4-8-13)22-19(21)16(15)12-20/h2-11H,1H3,(H2,21,22). The summed E-state index contributed by atoms with van der Waals surface area (Å²) in [6.45, 7) is 0. The predicted octanol–water partition coefficient (Wildman–Crippen LogP) is 3.88. The Balaban J connectivity index is 2.27. The van der Waals surface area contributed by atoms with Crippen LogP contribution in [-0.4, -0.2) is 12.1 Å². The smallest absolute Gasteiger partial charge is 0.142 e. The summed E-state index contributed by atoms with van der Waals surface area (Å²) >= 11 is 0. The van der Waals surface area contributed by atoms with Gasteiger partial charge >= 0.3 is 0 Å². The lowest BCUT2D eigenvalue weighted by atomic mass is 9.97. The van der Waals surface area contributed by atoms with E-state index in [-0.39, 0.29) is 5.82 Å². The quantitative estimate of drug-likeness (QED) is 0.797. The fraction of sp³-hybridized carbons (Fsp3) is 0.0526. The molecule has 2 aromatic carbocycles. The lowest BCUT2D eigenvalue weighted by Crippen LogP contribution is -2.00. The summed E-state index contributed by atoms with van der Waals surface area (Å²) in [5, 5.41) is 9.47. The van der Waals surface area contributed by atoms with Crippen LogP contribution in [0.15, 0.2) is 60.7 Å². The van der Waals surface area contributed by atoms with Crippen LogP contribution in [0.3, 0.4) is 0 Å². The Morgan fingerprint density at radius 3 is 2.39 bits per heavy atom. The van der Waals surface area contributed by atoms with E-state index in [1.54, 1.807) is 7.11 Å². The number of rotatable bonds is 3. The number of nitrogens with two attached hydrogens (primary N) is 1. The number of hydrogen-bond acceptors (Lipinski definition) is 4. The second kappa shape index (κ2) is 6.20. The fourth-order valence-corrected chi connectivity index (χ4v) is 2.52. The summed E-state index contributed by atoms with van der Waals surface area (Å²) in [5.74, 6) is 0.906. The second-order valence-electron chi connectivity index (χ2n) is 4.99. The molecule has 4 heteroatoms. The van der Waals surface area contributed by atoms with E-state index in [1.165, 1.54) is 0 Å². The van der Waals surface area contributed by atoms with E-state index >= 15 is 0 Å². The molecule has 0 aliphatic rings. The summed E-state index contributed by atoms with van der Waals surface area (Å²) in [6, 6.07) is 21.3. The van der Waals surface area contributed by atoms with Crippen LogP contribution in [0.5, 0.6) is 5.75 Å². The zero-order valence-electron chi connectivity index (χ0n) is 12.7. The number of para-hydroxylation sites is 1. The molecule has 3 rings (SSSR count). The summed E-state index contributed by atoms with van der Waals surface area (Å²) < 4.78 is 5.41. The van der Waals surface area contributed by atoms with E-state index in [4.69, 9.17) is 10.5 Å². The molecule has 0 amide bonds. The molecule has 0 spiro atoms. The number of pyridine rings is 1. The van der Waals surface area contributed by atoms with Crippen LogP contribution in [0.1, 0.15) is 5.56 Å². The third-order valence-corrected chi connectivity index (χ3v) is 3.63. The predicted molar refractivity (Wildman–Crippen MR) is 90.8 cm³/mol. The van der Waals surface area contributed by atoms with Crippen LogP contribution in [0.4, 0.5) is 5.82 Å². The molecule has 4 nitrogen and oxygen atoms in total. The van der Waals surface area contributed by atoms with Gasteiger partial charge in [-0.3, -0.25) is 0 Å². The van der Waals surface area contributed by atoms with Gasteiger partial charge in [0.15, 0.2) is 0 Å². The first-order chi connectivity index (χ1) is 11.2. The minimum atomic E-state index is 0.217. The van der Waals surface area contributed by atoms with E-state index in [0.29, 0.717) is 11.3 Å². The van der Waals surface area contributed by atoms with Crippen molar-refractivity contribution < 1.29 is 4.74 Å². The molecule has 0 aliphatic heterocycles. The van der Waals surface area contributed by atoms with Gasteiger partial charge in [0, 0.05) is 16.7 Å². The molecule has 112 valence electrons. The first-order valence-electron chi connectivity index (χ1n) is 7.14. The summed E-state index contributed by atoms with van der Waals surface area (Å²) in [5.41, 5.74) is 9.59. The monoisotopic (exact) mass is 301 g/mol. The van der Waals surface area contributed by atoms with Gasteiger partial charge in [0.25, 0.3) is 0 Å². The molecule has 0 bridgehead atoms. The zero-order chi connectivity index (χ0) is 16.2. The van der Waals surface area contributed by atoms with E-state index in [9.17, 15) is 5.26 Å². The molecule has 1 heterocycles. The Kier molecular flexibility index (Phi) is 3.94. The first kappa shape index (κ1) is 14.6. The van der Waals surface area contributed by atoms with Gasteiger partial charge in [-0.05, 0) is 12.1 Å². The third kappa shape index (κ3) is 2.72. The number of anilines is 1. The highest BCUT2D eigenvalue weighted by Gasteiger charge is 2.16. The Hall–Kier alpha value is -3.32. The summed E-state index contributed by atoms with van der Waals surface area (Å²) in [6.07, 6.45) is 0. The van der Waals surface area contributed by atoms with Crippen molar-refractivity contribution in [2.45, 2.75) is 0 Å². The van der Waals surface area contributed by atoms with Gasteiger partial charge in [-0.15, -0.1) is 0 Å². The molecule has 0 saturated carbocycles. The van der Waals surface area contributed by atoms with Gasteiger partial charge < -0.3 is 10.5 Å². The minimum Gasteiger partial charge on any atom is -0.496 e. The fourth-order valence-electron chi connectivity index (χ4n) is 2.52. The molecule has 1 aromatic heterocycles. The summed E-state index contributed by atoms with van der Waals surface area (Å²) in [7, 11) is 1.60. The number of nitriles is 1. The van der Waals surface area contributed by atoms with Crippen LogP contribution in [0.25, 0.3) is 22.4 Å². The summed E-state index contributed by atoms with van der Waals surface area (Å²) in [4.78, 5) is 4.37. The average Bonchev–Trinajstić information content (AvgIpc) is 2.61. The average molecular weight is 301 g/mol. The normalized spacial score (nSPS) is 10.1. The van der Waals surface area contributed by atoms with Crippen molar-refractivity contribution in [3.05, 3.63) is 66.2 Å². The lowest BCUT2D eigenvalue weighted by Gasteiger charge is -2.13. The highest BCUT2D eigenvalue weighted by molar-refractivity contribution is 5.82. The van der Waals surface area contributed by atoms with Gasteiger partial charge in [0.2, 0.25) is 0 Å². The molecular weight excluding hydrogens is 286 g/mol. The van der Waals surface area contributed by atoms with E-state index in [2.05, 4.69) is 11.1 Å². The van der Waals surface area contributed by atoms with E-state index in [1.807, 2.05) is 60.7 Å². The Bertz CT molecular complexity index is 883. The molecular formula is C19H15N3O. The van der Waals surface area contributed by atoms with Crippen LogP contribution in [-0.2, 0) is 0 Å². The van der Waals surface area contributed by atoms with Gasteiger partial charge in [-0.2, -0.15) is 5.26 Å². The number of nitrogens with zero attached hydrogens (tertiary/aromatic N) is 2. The molecule has 3 aromatic rings. The molecule has 0 atom stereocenters. The lowest BCUT2D eigenvalue weighted by molar-refractivity contribution is 0.416. The van der Waals surface area contributed by atoms with Crippen molar-refractivity contribution in [2.75, 3.05) is 12.8 Å². The highest BCUT2D eigenvalue weighted by Crippen LogP contribution is 2.36. The maximum Gasteiger partial charge on any atom is 0.142 e. The molecule has 23 heavy (non-hydrogen) atoms. The largest absolute Gasteiger partial charge is 0.496 e. The Labute approximate surface area is 134 Å². The van der Waals surface area contributed by atoms with Crippen LogP contribution >= 0.6 is 0 Å². The highest BCUT2D eigenvalue weighted by atomic mass is 16.5. The van der Waals surface area contributed by atoms with E-state index in [0.717, 1.165) is 22.4 Å². The number of aromatic nitrogens is 1. The van der Waals surface area contributed by atoms with Crippen molar-refractivity contribution in [1.29, 1.82) is 5.26 Å². The second-order valence-corrected chi connectivity index (χ2v) is 4.99. The van der Waals surface area contributed by atoms with Crippen molar-refractivity contribution in [3.8, 4) is 34.2 Å². The maximum atomic E-state index is 9.47. The van der Waals surface area contributed by atoms with Gasteiger partial charge in [0.1, 0.15) is 23.2 Å². The molecule has 0 saturated heterocycles. The van der Waals surface area contributed by atoms with Gasteiger partial charge in [0.05, 0.1) is 12.8 Å². The number of hydrogen-bond donors (Lipinski definition) is 1.